The fourth-order valence-electron chi connectivity index (χ4n) is 3.26. The van der Waals surface area contributed by atoms with E-state index < -0.39 is 0 Å². The molecule has 1 aliphatic heterocycles. The van der Waals surface area contributed by atoms with Crippen LogP contribution in [0.15, 0.2) is 0 Å². The fraction of sp³-hybridized carbons (Fsp3) is 1.00. The smallest absolute Gasteiger partial charge is 0.0556 e. The summed E-state index contributed by atoms with van der Waals surface area (Å²) in [6.07, 6.45) is 4.81. The van der Waals surface area contributed by atoms with Crippen LogP contribution in [0.1, 0.15) is 32.6 Å². The number of hydrogen-bond acceptors (Lipinski definition) is 4. The average Bonchev–Trinajstić information content (AvgIpc) is 3.20. The van der Waals surface area contributed by atoms with E-state index in [0.29, 0.717) is 31.2 Å². The van der Waals surface area contributed by atoms with Crippen molar-refractivity contribution in [3.05, 3.63) is 0 Å². The molecule has 0 amide bonds. The monoisotopic (exact) mass is 256 g/mol. The molecule has 18 heavy (non-hydrogen) atoms. The molecular formula is C14H28N2O2. The number of hydrogen-bond donors (Lipinski definition) is 3. The molecule has 4 nitrogen and oxygen atoms in total. The molecule has 0 radical (unpaired) electrons. The normalized spacial score (nSPS) is 31.5. The summed E-state index contributed by atoms with van der Waals surface area (Å²) in [7, 11) is 0. The Morgan fingerprint density at radius 1 is 1.22 bits per heavy atom. The summed E-state index contributed by atoms with van der Waals surface area (Å²) in [5.41, 5.74) is 0. The lowest BCUT2D eigenvalue weighted by molar-refractivity contribution is 0.0806. The molecule has 0 aromatic carbocycles. The summed E-state index contributed by atoms with van der Waals surface area (Å²) in [5.74, 6) is 1.50. The third-order valence-corrected chi connectivity index (χ3v) is 4.53. The summed E-state index contributed by atoms with van der Waals surface area (Å²) in [6.45, 7) is 5.77. The van der Waals surface area contributed by atoms with Crippen molar-refractivity contribution in [3.63, 3.8) is 0 Å². The number of likely N-dealkylation sites (tertiary alicyclic amines) is 1. The Bertz CT molecular complexity index is 246. The molecule has 1 aliphatic carbocycles. The molecule has 1 saturated carbocycles. The lowest BCUT2D eigenvalue weighted by Crippen LogP contribution is -2.53. The standard InChI is InChI=1S/C14H28N2O2/c1-11(13-2-3-13)16-9-12(4-6-17)8-14(10-16)15-5-7-18/h11-15,17-18H,2-10H2,1H3. The molecule has 2 rings (SSSR count). The summed E-state index contributed by atoms with van der Waals surface area (Å²) in [4.78, 5) is 2.59. The molecule has 2 aliphatic rings. The maximum atomic E-state index is 9.15. The van der Waals surface area contributed by atoms with Gasteiger partial charge in [-0.3, -0.25) is 4.90 Å². The van der Waals surface area contributed by atoms with Crippen LogP contribution in [-0.4, -0.2) is 60.0 Å². The van der Waals surface area contributed by atoms with Gasteiger partial charge in [-0.1, -0.05) is 0 Å². The van der Waals surface area contributed by atoms with Gasteiger partial charge in [0.15, 0.2) is 0 Å². The van der Waals surface area contributed by atoms with Gasteiger partial charge in [-0.05, 0) is 44.4 Å². The van der Waals surface area contributed by atoms with Crippen LogP contribution in [0.4, 0.5) is 0 Å². The number of aliphatic hydroxyl groups is 2. The van der Waals surface area contributed by atoms with Gasteiger partial charge in [0.2, 0.25) is 0 Å². The van der Waals surface area contributed by atoms with Crippen LogP contribution in [0.5, 0.6) is 0 Å². The van der Waals surface area contributed by atoms with Gasteiger partial charge in [-0.2, -0.15) is 0 Å². The Morgan fingerprint density at radius 3 is 2.61 bits per heavy atom. The van der Waals surface area contributed by atoms with E-state index >= 15 is 0 Å². The molecule has 0 aromatic rings. The predicted octanol–water partition coefficient (Wildman–Crippen LogP) is 0.440. The van der Waals surface area contributed by atoms with Crippen LogP contribution >= 0.6 is 0 Å². The van der Waals surface area contributed by atoms with Crippen LogP contribution in [0.2, 0.25) is 0 Å². The lowest BCUT2D eigenvalue weighted by Gasteiger charge is -2.41. The third kappa shape index (κ3) is 3.92. The van der Waals surface area contributed by atoms with E-state index in [2.05, 4.69) is 17.1 Å². The van der Waals surface area contributed by atoms with Crippen molar-refractivity contribution in [1.82, 2.24) is 10.2 Å². The Kier molecular flexibility index (Phi) is 5.42. The van der Waals surface area contributed by atoms with Crippen LogP contribution in [0.25, 0.3) is 0 Å². The summed E-state index contributed by atoms with van der Waals surface area (Å²) < 4.78 is 0. The Balaban J connectivity index is 1.87. The van der Waals surface area contributed by atoms with Gasteiger partial charge in [0, 0.05) is 38.3 Å². The minimum Gasteiger partial charge on any atom is -0.396 e. The first-order chi connectivity index (χ1) is 8.74. The Hall–Kier alpha value is -0.160. The summed E-state index contributed by atoms with van der Waals surface area (Å²) in [5, 5.41) is 21.5. The third-order valence-electron chi connectivity index (χ3n) is 4.53. The number of nitrogens with zero attached hydrogens (tertiary/aromatic N) is 1. The highest BCUT2D eigenvalue weighted by atomic mass is 16.3. The summed E-state index contributed by atoms with van der Waals surface area (Å²) in [6, 6.07) is 1.16. The SMILES string of the molecule is CC(C1CC1)N1CC(CCO)CC(NCCO)C1. The zero-order valence-corrected chi connectivity index (χ0v) is 11.5. The molecule has 3 N–H and O–H groups in total. The highest BCUT2D eigenvalue weighted by Crippen LogP contribution is 2.36. The first kappa shape index (κ1) is 14.3. The first-order valence-electron chi connectivity index (χ1n) is 7.43. The van der Waals surface area contributed by atoms with Crippen molar-refractivity contribution < 1.29 is 10.2 Å². The van der Waals surface area contributed by atoms with E-state index in [4.69, 9.17) is 10.2 Å². The average molecular weight is 256 g/mol. The highest BCUT2D eigenvalue weighted by Gasteiger charge is 2.36. The van der Waals surface area contributed by atoms with E-state index in [0.717, 1.165) is 31.8 Å². The number of rotatable bonds is 7. The molecule has 3 atom stereocenters. The minimum absolute atomic E-state index is 0.208. The lowest BCUT2D eigenvalue weighted by atomic mass is 9.90. The van der Waals surface area contributed by atoms with E-state index in [9.17, 15) is 0 Å². The van der Waals surface area contributed by atoms with Crippen molar-refractivity contribution in [2.45, 2.75) is 44.7 Å². The van der Waals surface area contributed by atoms with Crippen molar-refractivity contribution in [1.29, 1.82) is 0 Å². The molecular weight excluding hydrogens is 228 g/mol. The van der Waals surface area contributed by atoms with Gasteiger partial charge in [-0.15, -0.1) is 0 Å². The van der Waals surface area contributed by atoms with E-state index in [1.54, 1.807) is 0 Å². The molecule has 4 heteroatoms. The number of piperidine rings is 1. The quantitative estimate of drug-likeness (QED) is 0.619. The second-order valence-corrected chi connectivity index (χ2v) is 6.02. The maximum Gasteiger partial charge on any atom is 0.0556 e. The van der Waals surface area contributed by atoms with Gasteiger partial charge in [-0.25, -0.2) is 0 Å². The van der Waals surface area contributed by atoms with Gasteiger partial charge in [0.25, 0.3) is 0 Å². The fourth-order valence-corrected chi connectivity index (χ4v) is 3.26. The van der Waals surface area contributed by atoms with Crippen LogP contribution in [0, 0.1) is 11.8 Å². The van der Waals surface area contributed by atoms with Crippen molar-refractivity contribution in [2.24, 2.45) is 11.8 Å². The zero-order chi connectivity index (χ0) is 13.0. The van der Waals surface area contributed by atoms with Gasteiger partial charge in [0.1, 0.15) is 0 Å². The zero-order valence-electron chi connectivity index (χ0n) is 11.5. The van der Waals surface area contributed by atoms with Gasteiger partial charge >= 0.3 is 0 Å². The van der Waals surface area contributed by atoms with Crippen LogP contribution < -0.4 is 5.32 Å². The maximum absolute atomic E-state index is 9.15. The molecule has 106 valence electrons. The van der Waals surface area contributed by atoms with Crippen molar-refractivity contribution in [2.75, 3.05) is 32.8 Å². The second kappa shape index (κ2) is 6.85. The molecule has 0 bridgehead atoms. The van der Waals surface area contributed by atoms with E-state index in [1.807, 2.05) is 0 Å². The van der Waals surface area contributed by atoms with Gasteiger partial charge in [0.05, 0.1) is 6.61 Å². The number of aliphatic hydroxyl groups excluding tert-OH is 2. The van der Waals surface area contributed by atoms with Crippen LogP contribution in [-0.2, 0) is 0 Å². The molecule has 0 spiro atoms. The summed E-state index contributed by atoms with van der Waals surface area (Å²) >= 11 is 0. The van der Waals surface area contributed by atoms with Crippen molar-refractivity contribution in [3.8, 4) is 0 Å². The van der Waals surface area contributed by atoms with E-state index in [1.165, 1.54) is 12.8 Å². The Labute approximate surface area is 110 Å². The second-order valence-electron chi connectivity index (χ2n) is 6.02. The van der Waals surface area contributed by atoms with Crippen molar-refractivity contribution >= 4 is 0 Å². The minimum atomic E-state index is 0.208. The molecule has 2 fully saturated rings. The predicted molar refractivity (Wildman–Crippen MR) is 72.4 cm³/mol. The molecule has 1 heterocycles. The first-order valence-corrected chi connectivity index (χ1v) is 7.43. The highest BCUT2D eigenvalue weighted by molar-refractivity contribution is 4.91. The Morgan fingerprint density at radius 2 is 2.00 bits per heavy atom. The largest absolute Gasteiger partial charge is 0.396 e. The topological polar surface area (TPSA) is 55.7 Å². The molecule has 1 saturated heterocycles. The van der Waals surface area contributed by atoms with E-state index in [-0.39, 0.29) is 6.61 Å². The molecule has 3 unspecified atom stereocenters. The van der Waals surface area contributed by atoms with Crippen LogP contribution in [0.3, 0.4) is 0 Å². The van der Waals surface area contributed by atoms with Gasteiger partial charge < -0.3 is 15.5 Å². The number of nitrogens with one attached hydrogen (secondary N) is 1. The molecule has 0 aromatic heterocycles.